The van der Waals surface area contributed by atoms with Crippen molar-refractivity contribution in [3.63, 3.8) is 0 Å². The van der Waals surface area contributed by atoms with Gasteiger partial charge < -0.3 is 15.5 Å². The monoisotopic (exact) mass is 287 g/mol. The molecule has 114 valence electrons. The average molecular weight is 287 g/mol. The van der Waals surface area contributed by atoms with Gasteiger partial charge >= 0.3 is 0 Å². The summed E-state index contributed by atoms with van der Waals surface area (Å²) in [6.45, 7) is 3.20. The molecule has 0 radical (unpaired) electrons. The third kappa shape index (κ3) is 2.85. The normalized spacial score (nSPS) is 25.0. The van der Waals surface area contributed by atoms with Gasteiger partial charge in [0.05, 0.1) is 0 Å². The fourth-order valence-electron chi connectivity index (χ4n) is 3.50. The maximum absolute atomic E-state index is 12.1. The molecule has 2 N–H and O–H groups in total. The summed E-state index contributed by atoms with van der Waals surface area (Å²) < 4.78 is 0. The quantitative estimate of drug-likeness (QED) is 0.878. The zero-order valence-electron chi connectivity index (χ0n) is 13.0. The number of carbonyl (C=O) groups excluding carboxylic acids is 1. The second-order valence-corrected chi connectivity index (χ2v) is 6.24. The molecular formula is C17H25N3O. The highest BCUT2D eigenvalue weighted by molar-refractivity contribution is 5.85. The van der Waals surface area contributed by atoms with E-state index in [1.807, 2.05) is 0 Å². The van der Waals surface area contributed by atoms with Crippen LogP contribution in [-0.4, -0.2) is 31.6 Å². The van der Waals surface area contributed by atoms with Gasteiger partial charge in [-0.25, -0.2) is 0 Å². The van der Waals surface area contributed by atoms with Crippen molar-refractivity contribution in [2.24, 2.45) is 0 Å². The number of anilines is 2. The minimum Gasteiger partial charge on any atom is -0.382 e. The van der Waals surface area contributed by atoms with Gasteiger partial charge in [-0.1, -0.05) is 0 Å². The molecule has 0 aromatic heterocycles. The molecular weight excluding hydrogens is 262 g/mol. The van der Waals surface area contributed by atoms with Crippen molar-refractivity contribution >= 4 is 17.3 Å². The lowest BCUT2D eigenvalue weighted by Gasteiger charge is -2.37. The van der Waals surface area contributed by atoms with E-state index in [0.29, 0.717) is 6.04 Å². The molecule has 1 aromatic carbocycles. The van der Waals surface area contributed by atoms with E-state index in [0.717, 1.165) is 25.8 Å². The number of piperidine rings is 1. The molecule has 21 heavy (non-hydrogen) atoms. The number of benzene rings is 1. The Kier molecular flexibility index (Phi) is 4.04. The molecule has 0 bridgehead atoms. The largest absolute Gasteiger partial charge is 0.382 e. The van der Waals surface area contributed by atoms with Gasteiger partial charge in [0.15, 0.2) is 0 Å². The average Bonchev–Trinajstić information content (AvgIpc) is 2.53. The summed E-state index contributed by atoms with van der Waals surface area (Å²) in [6, 6.07) is 7.14. The third-order valence-corrected chi connectivity index (χ3v) is 4.72. The van der Waals surface area contributed by atoms with Gasteiger partial charge in [-0.2, -0.15) is 0 Å². The zero-order chi connectivity index (χ0) is 14.8. The van der Waals surface area contributed by atoms with Gasteiger partial charge in [0.25, 0.3) is 0 Å². The second kappa shape index (κ2) is 5.96. The van der Waals surface area contributed by atoms with Crippen LogP contribution in [0.3, 0.4) is 0 Å². The van der Waals surface area contributed by atoms with E-state index >= 15 is 0 Å². The standard InChI is InChI=1S/C17H25N3O/c1-12-6-7-13-11-14(8-9-15(13)19-12)20-10-4-3-5-16(20)17(21)18-2/h8-9,11-12,16,19H,3-7,10H2,1-2H3,(H,18,21). The number of likely N-dealkylation sites (N-methyl/N-ethyl adjacent to an activating group) is 1. The number of hydrogen-bond acceptors (Lipinski definition) is 3. The maximum Gasteiger partial charge on any atom is 0.242 e. The number of aryl methyl sites for hydroxylation is 1. The molecule has 0 spiro atoms. The summed E-state index contributed by atoms with van der Waals surface area (Å²) in [5.74, 6) is 0.138. The summed E-state index contributed by atoms with van der Waals surface area (Å²) in [6.07, 6.45) is 5.55. The minimum atomic E-state index is -0.0164. The highest BCUT2D eigenvalue weighted by Crippen LogP contribution is 2.32. The lowest BCUT2D eigenvalue weighted by molar-refractivity contribution is -0.122. The number of carbonyl (C=O) groups is 1. The smallest absolute Gasteiger partial charge is 0.242 e. The van der Waals surface area contributed by atoms with Crippen molar-refractivity contribution in [3.8, 4) is 0 Å². The van der Waals surface area contributed by atoms with Gasteiger partial charge in [0.1, 0.15) is 6.04 Å². The molecule has 4 nitrogen and oxygen atoms in total. The van der Waals surface area contributed by atoms with E-state index in [-0.39, 0.29) is 11.9 Å². The Bertz CT molecular complexity index is 529. The van der Waals surface area contributed by atoms with E-state index in [1.165, 1.54) is 29.8 Å². The molecule has 0 aliphatic carbocycles. The van der Waals surface area contributed by atoms with Crippen LogP contribution in [0.2, 0.25) is 0 Å². The van der Waals surface area contributed by atoms with Crippen LogP contribution in [0.15, 0.2) is 18.2 Å². The predicted octanol–water partition coefficient (Wildman–Crippen LogP) is 2.54. The summed E-state index contributed by atoms with van der Waals surface area (Å²) in [4.78, 5) is 14.4. The summed E-state index contributed by atoms with van der Waals surface area (Å²) >= 11 is 0. The number of rotatable bonds is 2. The molecule has 2 aliphatic rings. The molecule has 2 atom stereocenters. The highest BCUT2D eigenvalue weighted by atomic mass is 16.2. The molecule has 3 rings (SSSR count). The SMILES string of the molecule is CNC(=O)C1CCCCN1c1ccc2c(c1)CCC(C)N2. The van der Waals surface area contributed by atoms with Crippen LogP contribution in [0.1, 0.15) is 38.2 Å². The summed E-state index contributed by atoms with van der Waals surface area (Å²) in [7, 11) is 1.73. The maximum atomic E-state index is 12.1. The van der Waals surface area contributed by atoms with Gasteiger partial charge in [0, 0.05) is 31.0 Å². The van der Waals surface area contributed by atoms with Gasteiger partial charge in [0.2, 0.25) is 5.91 Å². The molecule has 1 fully saturated rings. The first-order valence-electron chi connectivity index (χ1n) is 8.06. The first-order valence-corrected chi connectivity index (χ1v) is 8.06. The van der Waals surface area contributed by atoms with E-state index < -0.39 is 0 Å². The molecule has 4 heteroatoms. The third-order valence-electron chi connectivity index (χ3n) is 4.72. The van der Waals surface area contributed by atoms with Crippen molar-refractivity contribution in [2.45, 2.75) is 51.1 Å². The summed E-state index contributed by atoms with van der Waals surface area (Å²) in [5.41, 5.74) is 3.83. The van der Waals surface area contributed by atoms with Crippen molar-refractivity contribution in [1.82, 2.24) is 5.32 Å². The van der Waals surface area contributed by atoms with Crippen LogP contribution in [0.5, 0.6) is 0 Å². The number of nitrogens with zero attached hydrogens (tertiary/aromatic N) is 1. The Hall–Kier alpha value is -1.71. The van der Waals surface area contributed by atoms with E-state index in [1.54, 1.807) is 7.05 Å². The van der Waals surface area contributed by atoms with E-state index in [2.05, 4.69) is 40.7 Å². The van der Waals surface area contributed by atoms with Crippen LogP contribution >= 0.6 is 0 Å². The lowest BCUT2D eigenvalue weighted by atomic mass is 9.96. The van der Waals surface area contributed by atoms with Crippen LogP contribution in [0.4, 0.5) is 11.4 Å². The Labute approximate surface area is 126 Å². The Morgan fingerprint density at radius 3 is 3.00 bits per heavy atom. The van der Waals surface area contributed by atoms with Crippen molar-refractivity contribution in [3.05, 3.63) is 23.8 Å². The fourth-order valence-corrected chi connectivity index (χ4v) is 3.50. The van der Waals surface area contributed by atoms with Crippen LogP contribution in [0, 0.1) is 0 Å². The first-order chi connectivity index (χ1) is 10.2. The Morgan fingerprint density at radius 2 is 2.19 bits per heavy atom. The van der Waals surface area contributed by atoms with Gasteiger partial charge in [-0.15, -0.1) is 0 Å². The molecule has 2 unspecified atom stereocenters. The van der Waals surface area contributed by atoms with Crippen LogP contribution < -0.4 is 15.5 Å². The number of fused-ring (bicyclic) bond motifs is 1. The number of amides is 1. The molecule has 1 amide bonds. The van der Waals surface area contributed by atoms with Crippen molar-refractivity contribution < 1.29 is 4.79 Å². The number of hydrogen-bond donors (Lipinski definition) is 2. The van der Waals surface area contributed by atoms with Crippen molar-refractivity contribution in [1.29, 1.82) is 0 Å². The molecule has 1 aromatic rings. The first kappa shape index (κ1) is 14.2. The minimum absolute atomic E-state index is 0.0164. The molecule has 1 saturated heterocycles. The van der Waals surface area contributed by atoms with Crippen molar-refractivity contribution in [2.75, 3.05) is 23.8 Å². The Balaban J connectivity index is 1.86. The van der Waals surface area contributed by atoms with Crippen LogP contribution in [-0.2, 0) is 11.2 Å². The van der Waals surface area contributed by atoms with E-state index in [9.17, 15) is 4.79 Å². The lowest BCUT2D eigenvalue weighted by Crippen LogP contribution is -2.48. The predicted molar refractivity (Wildman–Crippen MR) is 86.9 cm³/mol. The van der Waals surface area contributed by atoms with Gasteiger partial charge in [-0.05, 0) is 62.8 Å². The Morgan fingerprint density at radius 1 is 1.33 bits per heavy atom. The van der Waals surface area contributed by atoms with Crippen LogP contribution in [0.25, 0.3) is 0 Å². The van der Waals surface area contributed by atoms with Gasteiger partial charge in [-0.3, -0.25) is 4.79 Å². The molecule has 2 aliphatic heterocycles. The second-order valence-electron chi connectivity index (χ2n) is 6.24. The number of nitrogens with one attached hydrogen (secondary N) is 2. The van der Waals surface area contributed by atoms with E-state index in [4.69, 9.17) is 0 Å². The summed E-state index contributed by atoms with van der Waals surface area (Å²) in [5, 5.41) is 6.35. The highest BCUT2D eigenvalue weighted by Gasteiger charge is 2.28. The molecule has 0 saturated carbocycles. The molecule has 2 heterocycles. The fraction of sp³-hybridized carbons (Fsp3) is 0.588. The zero-order valence-corrected chi connectivity index (χ0v) is 13.0. The topological polar surface area (TPSA) is 44.4 Å².